The predicted molar refractivity (Wildman–Crippen MR) is 89.7 cm³/mol. The van der Waals surface area contributed by atoms with Crippen molar-refractivity contribution < 1.29 is 9.53 Å². The third kappa shape index (κ3) is 2.98. The molecule has 1 amide bonds. The number of methoxy groups -OCH3 is 1. The van der Waals surface area contributed by atoms with Crippen LogP contribution in [0.2, 0.25) is 0 Å². The van der Waals surface area contributed by atoms with E-state index in [9.17, 15) is 4.79 Å². The Morgan fingerprint density at radius 2 is 2.05 bits per heavy atom. The summed E-state index contributed by atoms with van der Waals surface area (Å²) in [7, 11) is 3.45. The van der Waals surface area contributed by atoms with Gasteiger partial charge in [0, 0.05) is 31.7 Å². The van der Waals surface area contributed by atoms with Crippen LogP contribution in [0.15, 0.2) is 0 Å². The van der Waals surface area contributed by atoms with Gasteiger partial charge in [-0.25, -0.2) is 9.97 Å². The highest BCUT2D eigenvalue weighted by molar-refractivity contribution is 7.20. The molecule has 0 saturated heterocycles. The van der Waals surface area contributed by atoms with Gasteiger partial charge in [-0.15, -0.1) is 11.3 Å². The van der Waals surface area contributed by atoms with Crippen LogP contribution in [0.25, 0.3) is 10.2 Å². The number of ether oxygens (including phenoxy) is 1. The summed E-state index contributed by atoms with van der Waals surface area (Å²) in [5, 5.41) is 1.01. The van der Waals surface area contributed by atoms with Crippen molar-refractivity contribution in [1.82, 2.24) is 14.9 Å². The van der Waals surface area contributed by atoms with Crippen LogP contribution in [-0.2, 0) is 11.2 Å². The third-order valence-electron chi connectivity index (χ3n) is 3.92. The largest absolute Gasteiger partial charge is 0.383 e. The van der Waals surface area contributed by atoms with Crippen molar-refractivity contribution in [3.63, 3.8) is 0 Å². The molecule has 0 N–H and O–H groups in total. The number of thiophene rings is 1. The maximum absolute atomic E-state index is 12.7. The van der Waals surface area contributed by atoms with Gasteiger partial charge in [-0.3, -0.25) is 4.79 Å². The highest BCUT2D eigenvalue weighted by Gasteiger charge is 2.24. The van der Waals surface area contributed by atoms with Crippen LogP contribution in [0.4, 0.5) is 0 Å². The van der Waals surface area contributed by atoms with Gasteiger partial charge in [0.2, 0.25) is 0 Å². The van der Waals surface area contributed by atoms with Crippen LogP contribution in [0.5, 0.6) is 0 Å². The number of aryl methyl sites for hydroxylation is 3. The van der Waals surface area contributed by atoms with Crippen LogP contribution in [0.3, 0.4) is 0 Å². The quantitative estimate of drug-likeness (QED) is 0.849. The number of amides is 1. The maximum atomic E-state index is 12.7. The predicted octanol–water partition coefficient (Wildman–Crippen LogP) is 2.98. The number of hydrogen-bond acceptors (Lipinski definition) is 5. The van der Waals surface area contributed by atoms with Gasteiger partial charge in [-0.05, 0) is 26.3 Å². The van der Waals surface area contributed by atoms with E-state index in [-0.39, 0.29) is 11.9 Å². The standard InChI is InChI=1S/C16H23N3O2S/c1-7-12-17-11(4)13-10(3)14(22-15(13)18-12)16(20)19(5)9(2)8-21-6/h9H,7-8H2,1-6H3/t9-/m1/s1. The minimum Gasteiger partial charge on any atom is -0.383 e. The van der Waals surface area contributed by atoms with Crippen molar-refractivity contribution >= 4 is 27.5 Å². The van der Waals surface area contributed by atoms with E-state index < -0.39 is 0 Å². The van der Waals surface area contributed by atoms with Crippen molar-refractivity contribution in [3.05, 3.63) is 22.0 Å². The summed E-state index contributed by atoms with van der Waals surface area (Å²) in [6.07, 6.45) is 0.793. The molecule has 0 radical (unpaired) electrons. The summed E-state index contributed by atoms with van der Waals surface area (Å²) in [6, 6.07) is 0.0282. The molecule has 0 aliphatic rings. The lowest BCUT2D eigenvalue weighted by atomic mass is 10.1. The van der Waals surface area contributed by atoms with Gasteiger partial charge >= 0.3 is 0 Å². The van der Waals surface area contributed by atoms with Crippen LogP contribution < -0.4 is 0 Å². The monoisotopic (exact) mass is 321 g/mol. The number of carbonyl (C=O) groups excluding carboxylic acids is 1. The minimum atomic E-state index is 0.0162. The van der Waals surface area contributed by atoms with Gasteiger partial charge < -0.3 is 9.64 Å². The number of likely N-dealkylation sites (N-methyl/N-ethyl adjacent to an activating group) is 1. The van der Waals surface area contributed by atoms with Gasteiger partial charge in [-0.2, -0.15) is 0 Å². The molecule has 2 aromatic rings. The molecule has 0 saturated carbocycles. The second-order valence-corrected chi connectivity index (χ2v) is 6.53. The Hall–Kier alpha value is -1.53. The average Bonchev–Trinajstić information content (AvgIpc) is 2.83. The molecule has 6 heteroatoms. The lowest BCUT2D eigenvalue weighted by Gasteiger charge is -2.24. The molecule has 0 bridgehead atoms. The molecule has 5 nitrogen and oxygen atoms in total. The Kier molecular flexibility index (Phi) is 5.13. The first-order valence-electron chi connectivity index (χ1n) is 7.43. The summed E-state index contributed by atoms with van der Waals surface area (Å²) < 4.78 is 5.14. The van der Waals surface area contributed by atoms with E-state index in [2.05, 4.69) is 9.97 Å². The fourth-order valence-corrected chi connectivity index (χ4v) is 3.70. The second-order valence-electron chi connectivity index (χ2n) is 5.54. The van der Waals surface area contributed by atoms with Crippen molar-refractivity contribution in [1.29, 1.82) is 0 Å². The fraction of sp³-hybridized carbons (Fsp3) is 0.562. The molecule has 0 fully saturated rings. The number of rotatable bonds is 5. The molecule has 0 spiro atoms. The lowest BCUT2D eigenvalue weighted by molar-refractivity contribution is 0.0637. The smallest absolute Gasteiger partial charge is 0.264 e. The Morgan fingerprint density at radius 1 is 1.36 bits per heavy atom. The fourth-order valence-electron chi connectivity index (χ4n) is 2.47. The molecule has 22 heavy (non-hydrogen) atoms. The van der Waals surface area contributed by atoms with Gasteiger partial charge in [0.1, 0.15) is 10.7 Å². The minimum absolute atomic E-state index is 0.0162. The van der Waals surface area contributed by atoms with Crippen molar-refractivity contribution in [2.45, 2.75) is 40.2 Å². The molecule has 2 rings (SSSR count). The number of aromatic nitrogens is 2. The van der Waals surface area contributed by atoms with Crippen molar-refractivity contribution in [2.24, 2.45) is 0 Å². The summed E-state index contributed by atoms with van der Waals surface area (Å²) >= 11 is 1.46. The number of nitrogens with zero attached hydrogens (tertiary/aromatic N) is 3. The highest BCUT2D eigenvalue weighted by Crippen LogP contribution is 2.32. The summed E-state index contributed by atoms with van der Waals surface area (Å²) in [4.78, 5) is 25.2. The first kappa shape index (κ1) is 16.8. The lowest BCUT2D eigenvalue weighted by Crippen LogP contribution is -2.37. The topological polar surface area (TPSA) is 55.3 Å². The molecular weight excluding hydrogens is 298 g/mol. The molecule has 1 atom stereocenters. The summed E-state index contributed by atoms with van der Waals surface area (Å²) in [5.74, 6) is 0.842. The van der Waals surface area contributed by atoms with Crippen LogP contribution in [-0.4, -0.2) is 47.6 Å². The van der Waals surface area contributed by atoms with E-state index in [4.69, 9.17) is 4.74 Å². The molecule has 120 valence electrons. The van der Waals surface area contributed by atoms with Gasteiger partial charge in [-0.1, -0.05) is 6.92 Å². The molecule has 0 unspecified atom stereocenters. The number of hydrogen-bond donors (Lipinski definition) is 0. The number of fused-ring (bicyclic) bond motifs is 1. The Labute approximate surface area is 135 Å². The van der Waals surface area contributed by atoms with Gasteiger partial charge in [0.25, 0.3) is 5.91 Å². The maximum Gasteiger partial charge on any atom is 0.264 e. The summed E-state index contributed by atoms with van der Waals surface area (Å²) in [6.45, 7) is 8.49. The molecule has 0 aliphatic heterocycles. The van der Waals surface area contributed by atoms with Crippen LogP contribution >= 0.6 is 11.3 Å². The Balaban J connectivity index is 2.46. The third-order valence-corrected chi connectivity index (χ3v) is 5.09. The molecule has 0 aromatic carbocycles. The zero-order chi connectivity index (χ0) is 16.4. The van der Waals surface area contributed by atoms with E-state index >= 15 is 0 Å². The van der Waals surface area contributed by atoms with E-state index in [0.717, 1.165) is 38.6 Å². The van der Waals surface area contributed by atoms with E-state index in [1.165, 1.54) is 11.3 Å². The average molecular weight is 321 g/mol. The molecular formula is C16H23N3O2S. The van der Waals surface area contributed by atoms with Crippen LogP contribution in [0.1, 0.15) is 40.6 Å². The zero-order valence-electron chi connectivity index (χ0n) is 14.1. The van der Waals surface area contributed by atoms with E-state index in [1.807, 2.05) is 34.7 Å². The zero-order valence-corrected chi connectivity index (χ0v) is 14.9. The number of carbonyl (C=O) groups is 1. The first-order valence-corrected chi connectivity index (χ1v) is 8.25. The second kappa shape index (κ2) is 6.71. The van der Waals surface area contributed by atoms with Crippen molar-refractivity contribution in [3.8, 4) is 0 Å². The van der Waals surface area contributed by atoms with Crippen molar-refractivity contribution in [2.75, 3.05) is 20.8 Å². The van der Waals surface area contributed by atoms with Crippen LogP contribution in [0, 0.1) is 13.8 Å². The Morgan fingerprint density at radius 3 is 2.64 bits per heavy atom. The highest BCUT2D eigenvalue weighted by atomic mass is 32.1. The first-order chi connectivity index (χ1) is 10.4. The van der Waals surface area contributed by atoms with E-state index in [1.54, 1.807) is 12.0 Å². The molecule has 0 aliphatic carbocycles. The SMILES string of the molecule is CCc1nc(C)c2c(C)c(C(=O)N(C)[C@H](C)COC)sc2n1. The summed E-state index contributed by atoms with van der Waals surface area (Å²) in [5.41, 5.74) is 1.92. The molecule has 2 heterocycles. The normalized spacial score (nSPS) is 12.6. The molecule has 2 aromatic heterocycles. The van der Waals surface area contributed by atoms with E-state index in [0.29, 0.717) is 6.61 Å². The van der Waals surface area contributed by atoms with Gasteiger partial charge in [0.05, 0.1) is 17.5 Å². The Bertz CT molecular complexity index is 696. The van der Waals surface area contributed by atoms with Gasteiger partial charge in [0.15, 0.2) is 0 Å².